The number of furan rings is 1. The minimum atomic E-state index is -3.82. The quantitative estimate of drug-likeness (QED) is 0.385. The van der Waals surface area contributed by atoms with Gasteiger partial charge in [0.1, 0.15) is 0 Å². The highest BCUT2D eigenvalue weighted by atomic mass is 32.2. The predicted octanol–water partition coefficient (Wildman–Crippen LogP) is 3.98. The molecule has 0 aliphatic carbocycles. The van der Waals surface area contributed by atoms with Crippen molar-refractivity contribution in [3.05, 3.63) is 89.9 Å². The normalized spacial score (nSPS) is 11.5. The zero-order chi connectivity index (χ0) is 25.0. The van der Waals surface area contributed by atoms with E-state index in [1.54, 1.807) is 48.8 Å². The van der Waals surface area contributed by atoms with Crippen LogP contribution in [-0.2, 0) is 16.4 Å². The van der Waals surface area contributed by atoms with E-state index in [1.807, 2.05) is 13.8 Å². The van der Waals surface area contributed by atoms with Gasteiger partial charge in [0.15, 0.2) is 11.3 Å². The van der Waals surface area contributed by atoms with Gasteiger partial charge >= 0.3 is 0 Å². The molecule has 0 fully saturated rings. The van der Waals surface area contributed by atoms with Crippen molar-refractivity contribution in [2.45, 2.75) is 30.2 Å². The van der Waals surface area contributed by atoms with Crippen LogP contribution in [0.25, 0.3) is 11.0 Å². The maximum absolute atomic E-state index is 13.1. The van der Waals surface area contributed by atoms with Gasteiger partial charge < -0.3 is 15.1 Å². The fourth-order valence-corrected chi connectivity index (χ4v) is 4.70. The number of nitrogens with zero attached hydrogens (tertiary/aromatic N) is 1. The van der Waals surface area contributed by atoms with E-state index in [0.29, 0.717) is 12.1 Å². The van der Waals surface area contributed by atoms with Gasteiger partial charge in [-0.05, 0) is 53.9 Å². The first-order chi connectivity index (χ1) is 16.7. The smallest absolute Gasteiger partial charge is 0.287 e. The van der Waals surface area contributed by atoms with Crippen molar-refractivity contribution in [1.82, 2.24) is 15.6 Å². The number of amides is 2. The summed E-state index contributed by atoms with van der Waals surface area (Å²) in [7, 11) is -3.82. The summed E-state index contributed by atoms with van der Waals surface area (Å²) < 4.78 is 31.7. The van der Waals surface area contributed by atoms with Gasteiger partial charge in [-0.3, -0.25) is 14.6 Å². The summed E-state index contributed by atoms with van der Waals surface area (Å²) >= 11 is 0. The van der Waals surface area contributed by atoms with Crippen LogP contribution in [-0.4, -0.2) is 31.8 Å². The standard InChI is InChI=1S/C26H25N3O5S/c1-17(2)14-28-25(30)20-4-3-5-22(12-20)35(32,33)21-8-6-18(7-9-21)15-29-26(31)23-13-19-10-11-27-16-24(19)34-23/h3-13,16-17H,14-15H2,1-2H3,(H,28,30)(H,29,31). The van der Waals surface area contributed by atoms with Crippen molar-refractivity contribution in [3.8, 4) is 0 Å². The van der Waals surface area contributed by atoms with E-state index in [-0.39, 0.29) is 45.4 Å². The van der Waals surface area contributed by atoms with Gasteiger partial charge in [0.05, 0.1) is 16.0 Å². The Morgan fingerprint density at radius 2 is 1.71 bits per heavy atom. The van der Waals surface area contributed by atoms with Crippen molar-refractivity contribution < 1.29 is 22.4 Å². The van der Waals surface area contributed by atoms with Crippen molar-refractivity contribution in [2.24, 2.45) is 5.92 Å². The van der Waals surface area contributed by atoms with Gasteiger partial charge in [-0.25, -0.2) is 8.42 Å². The number of rotatable bonds is 8. The maximum Gasteiger partial charge on any atom is 0.287 e. The second-order valence-electron chi connectivity index (χ2n) is 8.49. The summed E-state index contributed by atoms with van der Waals surface area (Å²) in [5, 5.41) is 6.33. The number of pyridine rings is 1. The molecule has 0 spiro atoms. The average Bonchev–Trinajstić information content (AvgIpc) is 3.30. The third-order valence-corrected chi connectivity index (χ3v) is 7.08. The van der Waals surface area contributed by atoms with Gasteiger partial charge in [-0.1, -0.05) is 32.0 Å². The van der Waals surface area contributed by atoms with Crippen LogP contribution in [0, 0.1) is 5.92 Å². The van der Waals surface area contributed by atoms with Crippen LogP contribution in [0.2, 0.25) is 0 Å². The first-order valence-corrected chi connectivity index (χ1v) is 12.6. The highest BCUT2D eigenvalue weighted by Crippen LogP contribution is 2.22. The molecule has 0 aliphatic rings. The Morgan fingerprint density at radius 3 is 2.43 bits per heavy atom. The molecule has 2 heterocycles. The second kappa shape index (κ2) is 10.1. The van der Waals surface area contributed by atoms with Crippen molar-refractivity contribution in [3.63, 3.8) is 0 Å². The highest BCUT2D eigenvalue weighted by Gasteiger charge is 2.19. The van der Waals surface area contributed by atoms with Gasteiger partial charge in [0.25, 0.3) is 11.8 Å². The minimum absolute atomic E-state index is 0.0372. The molecule has 2 amide bonds. The van der Waals surface area contributed by atoms with E-state index in [0.717, 1.165) is 10.9 Å². The van der Waals surface area contributed by atoms with Gasteiger partial charge in [0, 0.05) is 30.2 Å². The Morgan fingerprint density at radius 1 is 0.943 bits per heavy atom. The van der Waals surface area contributed by atoms with Crippen LogP contribution in [0.4, 0.5) is 0 Å². The number of carbonyl (C=O) groups is 2. The second-order valence-corrected chi connectivity index (χ2v) is 10.4. The molecule has 0 unspecified atom stereocenters. The molecular weight excluding hydrogens is 466 g/mol. The van der Waals surface area contributed by atoms with E-state index in [1.165, 1.54) is 24.3 Å². The molecule has 0 saturated carbocycles. The number of nitrogens with one attached hydrogen (secondary N) is 2. The number of hydrogen-bond acceptors (Lipinski definition) is 6. The van der Waals surface area contributed by atoms with Crippen molar-refractivity contribution >= 4 is 32.6 Å². The number of benzene rings is 2. The van der Waals surface area contributed by atoms with Crippen LogP contribution in [0.5, 0.6) is 0 Å². The van der Waals surface area contributed by atoms with Crippen molar-refractivity contribution in [1.29, 1.82) is 0 Å². The number of hydrogen-bond donors (Lipinski definition) is 2. The lowest BCUT2D eigenvalue weighted by molar-refractivity contribution is 0.0923. The Kier molecular flexibility index (Phi) is 6.97. The minimum Gasteiger partial charge on any atom is -0.449 e. The summed E-state index contributed by atoms with van der Waals surface area (Å²) in [6.45, 7) is 4.65. The summed E-state index contributed by atoms with van der Waals surface area (Å²) in [5.74, 6) is -0.247. The SMILES string of the molecule is CC(C)CNC(=O)c1cccc(S(=O)(=O)c2ccc(CNC(=O)c3cc4ccncc4o3)cc2)c1. The van der Waals surface area contributed by atoms with E-state index < -0.39 is 9.84 Å². The van der Waals surface area contributed by atoms with E-state index in [4.69, 9.17) is 4.42 Å². The van der Waals surface area contributed by atoms with E-state index in [2.05, 4.69) is 15.6 Å². The molecule has 0 atom stereocenters. The van der Waals surface area contributed by atoms with Gasteiger partial charge in [0.2, 0.25) is 9.84 Å². The van der Waals surface area contributed by atoms with E-state index in [9.17, 15) is 18.0 Å². The molecule has 0 saturated heterocycles. The van der Waals surface area contributed by atoms with Crippen LogP contribution >= 0.6 is 0 Å². The largest absolute Gasteiger partial charge is 0.449 e. The number of sulfone groups is 1. The molecule has 8 nitrogen and oxygen atoms in total. The van der Waals surface area contributed by atoms with Gasteiger partial charge in [-0.15, -0.1) is 0 Å². The van der Waals surface area contributed by atoms with Gasteiger partial charge in [-0.2, -0.15) is 0 Å². The highest BCUT2D eigenvalue weighted by molar-refractivity contribution is 7.91. The molecular formula is C26H25N3O5S. The molecule has 2 aromatic carbocycles. The zero-order valence-electron chi connectivity index (χ0n) is 19.3. The summed E-state index contributed by atoms with van der Waals surface area (Å²) in [6.07, 6.45) is 3.16. The molecule has 4 rings (SSSR count). The lowest BCUT2D eigenvalue weighted by Crippen LogP contribution is -2.27. The molecule has 0 bridgehead atoms. The topological polar surface area (TPSA) is 118 Å². The fourth-order valence-electron chi connectivity index (χ4n) is 3.39. The first kappa shape index (κ1) is 24.2. The Bertz CT molecular complexity index is 1440. The lowest BCUT2D eigenvalue weighted by Gasteiger charge is -2.10. The molecule has 35 heavy (non-hydrogen) atoms. The third kappa shape index (κ3) is 5.58. The Balaban J connectivity index is 1.43. The Hall–Kier alpha value is -3.98. The Labute approximate surface area is 203 Å². The molecule has 9 heteroatoms. The molecule has 4 aromatic rings. The average molecular weight is 492 g/mol. The molecule has 2 aromatic heterocycles. The summed E-state index contributed by atoms with van der Waals surface area (Å²) in [4.78, 5) is 28.8. The zero-order valence-corrected chi connectivity index (χ0v) is 20.1. The summed E-state index contributed by atoms with van der Waals surface area (Å²) in [5.41, 5.74) is 1.53. The van der Waals surface area contributed by atoms with Crippen molar-refractivity contribution in [2.75, 3.05) is 6.54 Å². The van der Waals surface area contributed by atoms with Crippen LogP contribution in [0.3, 0.4) is 0 Å². The van der Waals surface area contributed by atoms with Crippen LogP contribution in [0.15, 0.2) is 87.3 Å². The molecule has 0 radical (unpaired) electrons. The number of carbonyl (C=O) groups excluding carboxylic acids is 2. The molecule has 0 aliphatic heterocycles. The fraction of sp³-hybridized carbons (Fsp3) is 0.192. The number of fused-ring (bicyclic) bond motifs is 1. The van der Waals surface area contributed by atoms with E-state index >= 15 is 0 Å². The predicted molar refractivity (Wildman–Crippen MR) is 131 cm³/mol. The molecule has 180 valence electrons. The lowest BCUT2D eigenvalue weighted by atomic mass is 10.2. The van der Waals surface area contributed by atoms with Crippen LogP contribution in [0.1, 0.15) is 40.3 Å². The van der Waals surface area contributed by atoms with Crippen LogP contribution < -0.4 is 10.6 Å². The monoisotopic (exact) mass is 491 g/mol. The molecule has 2 N–H and O–H groups in total. The number of aromatic nitrogens is 1. The summed E-state index contributed by atoms with van der Waals surface area (Å²) in [6, 6.07) is 15.6. The third-order valence-electron chi connectivity index (χ3n) is 5.31. The maximum atomic E-state index is 13.1. The first-order valence-electron chi connectivity index (χ1n) is 11.1.